The van der Waals surface area contributed by atoms with E-state index >= 15 is 0 Å². The van der Waals surface area contributed by atoms with Gasteiger partial charge < -0.3 is 63.3 Å². The Hall–Kier alpha value is -7.20. The van der Waals surface area contributed by atoms with Crippen molar-refractivity contribution in [2.45, 2.75) is 197 Å². The Morgan fingerprint density at radius 3 is 0.364 bits per heavy atom. The number of hydrogen-bond donors (Lipinski definition) is 0. The summed E-state index contributed by atoms with van der Waals surface area (Å²) in [5.74, 6) is 4.08. The summed E-state index contributed by atoms with van der Waals surface area (Å²) in [6.45, 7) is 67.1. The fraction of sp³-hybridized carbons (Fsp3) is 0.316. The molecule has 0 amide bonds. The molecule has 10 aliphatic rings. The van der Waals surface area contributed by atoms with Gasteiger partial charge in [-0.1, -0.05) is 341 Å². The predicted molar refractivity (Wildman–Crippen MR) is 507 cm³/mol. The number of nitrogens with zero attached hydrogens (tertiary/aromatic N) is 1. The Kier molecular flexibility index (Phi) is 79.6. The maximum atomic E-state index is 7.50. The van der Waals surface area contributed by atoms with Gasteiger partial charge in [-0.2, -0.15) is 6.92 Å². The summed E-state index contributed by atoms with van der Waals surface area (Å²) in [4.78, 5) is 0. The van der Waals surface area contributed by atoms with Crippen LogP contribution in [0.2, 0.25) is 0 Å². The van der Waals surface area contributed by atoms with E-state index in [1.54, 1.807) is 62.6 Å². The Morgan fingerprint density at radius 2 is 0.288 bits per heavy atom. The summed E-state index contributed by atoms with van der Waals surface area (Å²) >= 11 is 3.16. The fourth-order valence-corrected chi connectivity index (χ4v) is 22.1. The van der Waals surface area contributed by atoms with E-state index in [-0.39, 0.29) is 130 Å². The molecule has 0 unspecified atom stereocenters. The maximum Gasteiger partial charge on any atom is 2.00 e. The normalized spacial score (nSPS) is 14.9. The topological polar surface area (TPSA) is 223 Å². The van der Waals surface area contributed by atoms with Crippen LogP contribution in [0.4, 0.5) is 0 Å². The predicted octanol–water partition coefficient (Wildman–Crippen LogP) is 30.4. The average molecular weight is 2330 g/mol. The van der Waals surface area contributed by atoms with E-state index in [0.29, 0.717) is 0 Å². The summed E-state index contributed by atoms with van der Waals surface area (Å²) in [6, 6.07) is 90.4. The standard InChI is InChI=1S/5C19H20.C2H5.CN.10CO.6CH3.2ClH.Os.4Ru/c5*1-19(14-8-2-3-9-14)17-12-6-4-10-15(17)16-11-5-7-13-18(16)19;12*1-2;;;;;;;;;;;;;/h5*4-7,10-14H,2-3,8-9H2,1H3;1H2,2H3;;;;;;;;;;;;6*1H3;2*1H;;;;;/q;;;;;2*-1;;;;;;;;;;;6*-1;;;+1;4*+2/p-2. The van der Waals surface area contributed by atoms with Crippen molar-refractivity contribution in [2.75, 3.05) is 0 Å². The Balaban J connectivity index is -0.000000223. The van der Waals surface area contributed by atoms with Gasteiger partial charge in [0, 0.05) is 27.1 Å². The van der Waals surface area contributed by atoms with Gasteiger partial charge in [0.25, 0.3) is 0 Å². The molecule has 132 heavy (non-hydrogen) atoms. The van der Waals surface area contributed by atoms with Gasteiger partial charge in [0.05, 0.1) is 0 Å². The third kappa shape index (κ3) is 29.7. The number of hydrogen-bond acceptors (Lipinski definition) is 1. The molecule has 10 aromatic rings. The second-order valence-corrected chi connectivity index (χ2v) is 31.4. The minimum atomic E-state index is 0. The first-order chi connectivity index (χ1) is 60.6. The second kappa shape index (κ2) is 75.0. The van der Waals surface area contributed by atoms with E-state index in [9.17, 15) is 0 Å². The largest absolute Gasteiger partial charge is 2.00 e. The molecule has 10 aliphatic carbocycles. The minimum absolute atomic E-state index is 0. The van der Waals surface area contributed by atoms with Crippen LogP contribution in [-0.2, 0) is 167 Å². The SMILES string of the molecule is CC1(C2CCCC2)c2ccccc2-c2ccccc21.CC1(C2CCCC2)c2ccccc2-c2ccccc21.CC1(C2CCCC2)c2ccccc2-c2ccccc21.CC1(C2CCCC2)c2ccccc2-c2ccccc21.CC1(C2CCCC2)c2ccccc2-c2ccccc21.[C-]#N.[C-]#[O+].[C-]#[O+].[C-]#[O+].[C-]#[O+].[C-]#[O+].[C-]#[O+].[C-]#[O+].[C-]#[O+].[C-]#[O+].[C-]#[O+].[CH2-]C.[CH3-].[CH3-].[CH3-].[CH3-].[CH3-].[CH3-].[Cl][Os].[Cl][Ru+].[Ru+2].[Ru+2].[Ru+2]. The molecule has 0 atom stereocenters. The van der Waals surface area contributed by atoms with Crippen molar-refractivity contribution in [3.8, 4) is 55.6 Å². The van der Waals surface area contributed by atoms with Crippen LogP contribution in [0.1, 0.15) is 226 Å². The molecule has 11 nitrogen and oxygen atoms in total. The first kappa shape index (κ1) is 140. The van der Waals surface area contributed by atoms with E-state index in [0.717, 1.165) is 29.6 Å². The molecule has 20 rings (SSSR count). The summed E-state index contributed by atoms with van der Waals surface area (Å²) in [5.41, 5.74) is 31.4. The number of fused-ring (bicyclic) bond motifs is 15. The average Bonchev–Trinajstić information content (AvgIpc) is 1.59. The van der Waals surface area contributed by atoms with Crippen molar-refractivity contribution in [3.63, 3.8) is 0 Å². The van der Waals surface area contributed by atoms with Gasteiger partial charge >= 0.3 is 226 Å². The Labute approximate surface area is 861 Å². The molecule has 5 fully saturated rings. The van der Waals surface area contributed by atoms with Gasteiger partial charge in [-0.05, 0) is 205 Å². The molecule has 0 radical (unpaired) electrons. The van der Waals surface area contributed by atoms with Gasteiger partial charge in [0.1, 0.15) is 0 Å². The molecule has 0 bridgehead atoms. The van der Waals surface area contributed by atoms with Crippen LogP contribution >= 0.6 is 19.3 Å². The maximum absolute atomic E-state index is 7.50. The van der Waals surface area contributed by atoms with Crippen LogP contribution in [0.5, 0.6) is 0 Å². The molecule has 699 valence electrons. The van der Waals surface area contributed by atoms with Crippen LogP contribution in [0.3, 0.4) is 0 Å². The van der Waals surface area contributed by atoms with Crippen molar-refractivity contribution in [2.24, 2.45) is 29.6 Å². The number of benzene rings is 10. The first-order valence-corrected chi connectivity index (χ1v) is 46.2. The van der Waals surface area contributed by atoms with E-state index in [4.69, 9.17) is 58.4 Å². The molecule has 0 aromatic heterocycles. The van der Waals surface area contributed by atoms with Crippen LogP contribution in [0.25, 0.3) is 55.6 Å². The first-order valence-electron chi connectivity index (χ1n) is 40.8. The fourth-order valence-electron chi connectivity index (χ4n) is 22.1. The van der Waals surface area contributed by atoms with Gasteiger partial charge in [0.15, 0.2) is 0 Å². The zero-order valence-electron chi connectivity index (χ0n) is 77.9. The van der Waals surface area contributed by atoms with Crippen LogP contribution in [0.15, 0.2) is 243 Å². The molecular weight excluding hydrogens is 2210 g/mol. The molecule has 0 N–H and O–H groups in total. The summed E-state index contributed by atoms with van der Waals surface area (Å²) in [7, 11) is 9.24. The Morgan fingerprint density at radius 1 is 0.220 bits per heavy atom. The number of halogens is 2. The third-order valence-corrected chi connectivity index (χ3v) is 27.2. The van der Waals surface area contributed by atoms with E-state index < -0.39 is 0 Å². The summed E-state index contributed by atoms with van der Waals surface area (Å²) < 4.78 is 75.0. The Bertz CT molecular complexity index is 4090. The van der Waals surface area contributed by atoms with Crippen LogP contribution in [0, 0.1) is 159 Å². The van der Waals surface area contributed by atoms with E-state index in [1.807, 2.05) is 17.3 Å². The van der Waals surface area contributed by atoms with Crippen molar-refractivity contribution in [1.82, 2.24) is 0 Å². The van der Waals surface area contributed by atoms with Gasteiger partial charge in [-0.15, -0.1) is 0 Å². The summed E-state index contributed by atoms with van der Waals surface area (Å²) in [5, 5.41) is 6.25. The van der Waals surface area contributed by atoms with Crippen molar-refractivity contribution in [3.05, 3.63) is 423 Å². The molecule has 18 heteroatoms. The number of rotatable bonds is 5. The molecule has 0 saturated heterocycles. The monoisotopic (exact) mass is 2340 g/mol. The van der Waals surface area contributed by atoms with Gasteiger partial charge in [0.2, 0.25) is 0 Å². The van der Waals surface area contributed by atoms with E-state index in [1.165, 1.54) is 202 Å². The quantitative estimate of drug-likeness (QED) is 0.0915. The molecule has 5 saturated carbocycles. The van der Waals surface area contributed by atoms with Crippen molar-refractivity contribution in [1.29, 1.82) is 5.26 Å². The minimum Gasteiger partial charge on any atom is 2.00 e. The third-order valence-electron chi connectivity index (χ3n) is 27.2. The molecule has 0 aliphatic heterocycles. The van der Waals surface area contributed by atoms with Crippen molar-refractivity contribution < 1.29 is 140 Å². The zero-order chi connectivity index (χ0) is 92.4. The molecular formula is C114H123Cl2NO10OsRu4-. The van der Waals surface area contributed by atoms with Crippen LogP contribution < -0.4 is 0 Å². The molecule has 0 heterocycles. The summed E-state index contributed by atoms with van der Waals surface area (Å²) in [6.07, 6.45) is 28.0. The molecule has 10 aromatic carbocycles. The van der Waals surface area contributed by atoms with E-state index in [2.05, 4.69) is 370 Å². The zero-order valence-corrected chi connectivity index (χ0v) is 88.9. The second-order valence-electron chi connectivity index (χ2n) is 31.4. The van der Waals surface area contributed by atoms with Gasteiger partial charge in [-0.3, -0.25) is 0 Å². The smallest absolute Gasteiger partial charge is 2.00 e. The van der Waals surface area contributed by atoms with Crippen LogP contribution in [-0.4, -0.2) is 0 Å². The van der Waals surface area contributed by atoms with Crippen molar-refractivity contribution >= 4 is 19.3 Å². The molecule has 0 spiro atoms. The van der Waals surface area contributed by atoms with Gasteiger partial charge in [-0.25, -0.2) is 0 Å².